The number of aromatic amines is 1. The molecule has 10 heteroatoms. The van der Waals surface area contributed by atoms with E-state index < -0.39 is 37.4 Å². The van der Waals surface area contributed by atoms with Crippen LogP contribution in [0.4, 0.5) is 10.1 Å². The van der Waals surface area contributed by atoms with E-state index in [9.17, 15) is 22.9 Å². The summed E-state index contributed by atoms with van der Waals surface area (Å²) >= 11 is 0. The van der Waals surface area contributed by atoms with Crippen LogP contribution in [0.3, 0.4) is 0 Å². The minimum Gasteiger partial charge on any atom is -0.285 e. The van der Waals surface area contributed by atoms with Crippen LogP contribution in [-0.4, -0.2) is 23.5 Å². The molecule has 1 unspecified atom stereocenters. The first kappa shape index (κ1) is 15.1. The number of non-ortho nitro benzene ring substituents is 1. The summed E-state index contributed by atoms with van der Waals surface area (Å²) in [5.74, 6) is -1.18. The first-order valence-electron chi connectivity index (χ1n) is 5.76. The maximum absolute atomic E-state index is 13.8. The Morgan fingerprint density at radius 2 is 2.19 bits per heavy atom. The monoisotopic (exact) mass is 314 g/mol. The zero-order valence-corrected chi connectivity index (χ0v) is 11.6. The molecule has 1 heterocycles. The molecule has 1 aromatic heterocycles. The van der Waals surface area contributed by atoms with Gasteiger partial charge >= 0.3 is 0 Å². The molecule has 112 valence electrons. The van der Waals surface area contributed by atoms with Crippen molar-refractivity contribution < 1.29 is 17.7 Å². The van der Waals surface area contributed by atoms with E-state index in [1.54, 1.807) is 6.92 Å². The lowest BCUT2D eigenvalue weighted by atomic mass is 10.2. The Morgan fingerprint density at radius 3 is 2.71 bits per heavy atom. The summed E-state index contributed by atoms with van der Waals surface area (Å²) in [6.45, 7) is 1.56. The van der Waals surface area contributed by atoms with Gasteiger partial charge in [0.05, 0.1) is 17.2 Å². The van der Waals surface area contributed by atoms with Crippen molar-refractivity contribution in [1.82, 2.24) is 14.9 Å². The molecule has 21 heavy (non-hydrogen) atoms. The Kier molecular flexibility index (Phi) is 4.00. The Labute approximate surface area is 119 Å². The minimum atomic E-state index is -4.15. The largest absolute Gasteiger partial charge is 0.285 e. The van der Waals surface area contributed by atoms with Crippen molar-refractivity contribution in [3.63, 3.8) is 0 Å². The fourth-order valence-corrected chi connectivity index (χ4v) is 2.97. The number of sulfonamides is 1. The third kappa shape index (κ3) is 3.23. The molecular formula is C11H11FN4O4S. The molecule has 0 bridgehead atoms. The van der Waals surface area contributed by atoms with Gasteiger partial charge in [-0.3, -0.25) is 15.2 Å². The highest BCUT2D eigenvalue weighted by molar-refractivity contribution is 7.89. The van der Waals surface area contributed by atoms with Crippen molar-refractivity contribution in [2.45, 2.75) is 17.9 Å². The number of hydrogen-bond donors (Lipinski definition) is 2. The highest BCUT2D eigenvalue weighted by Crippen LogP contribution is 2.22. The second-order valence-corrected chi connectivity index (χ2v) is 5.93. The van der Waals surface area contributed by atoms with Gasteiger partial charge in [0.1, 0.15) is 10.7 Å². The van der Waals surface area contributed by atoms with Crippen molar-refractivity contribution in [3.8, 4) is 0 Å². The van der Waals surface area contributed by atoms with Crippen LogP contribution in [0.2, 0.25) is 0 Å². The van der Waals surface area contributed by atoms with Crippen LogP contribution in [0, 0.1) is 15.9 Å². The van der Waals surface area contributed by atoms with E-state index in [-0.39, 0.29) is 0 Å². The lowest BCUT2D eigenvalue weighted by Crippen LogP contribution is -2.27. The van der Waals surface area contributed by atoms with Crippen LogP contribution in [0.1, 0.15) is 18.5 Å². The third-order valence-electron chi connectivity index (χ3n) is 2.77. The summed E-state index contributed by atoms with van der Waals surface area (Å²) in [6, 6.07) is 1.72. The normalized spacial score (nSPS) is 13.0. The van der Waals surface area contributed by atoms with E-state index in [0.717, 1.165) is 12.1 Å². The van der Waals surface area contributed by atoms with Gasteiger partial charge in [-0.25, -0.2) is 17.5 Å². The summed E-state index contributed by atoms with van der Waals surface area (Å²) in [4.78, 5) is 9.06. The van der Waals surface area contributed by atoms with Crippen molar-refractivity contribution in [1.29, 1.82) is 0 Å². The number of halogens is 1. The van der Waals surface area contributed by atoms with Crippen molar-refractivity contribution in [2.24, 2.45) is 0 Å². The van der Waals surface area contributed by atoms with E-state index in [4.69, 9.17) is 0 Å². The molecule has 0 amide bonds. The molecule has 2 rings (SSSR count). The van der Waals surface area contributed by atoms with Gasteiger partial charge in [-0.15, -0.1) is 0 Å². The first-order chi connectivity index (χ1) is 9.81. The molecule has 0 aliphatic carbocycles. The summed E-state index contributed by atoms with van der Waals surface area (Å²) < 4.78 is 40.2. The van der Waals surface area contributed by atoms with Gasteiger partial charge in [0, 0.05) is 23.9 Å². The van der Waals surface area contributed by atoms with Crippen LogP contribution >= 0.6 is 0 Å². The molecule has 0 aliphatic rings. The lowest BCUT2D eigenvalue weighted by Gasteiger charge is -2.13. The number of nitrogens with one attached hydrogen (secondary N) is 2. The van der Waals surface area contributed by atoms with Gasteiger partial charge in [0.2, 0.25) is 10.0 Å². The summed E-state index contributed by atoms with van der Waals surface area (Å²) in [5.41, 5.74) is 0.0511. The summed E-state index contributed by atoms with van der Waals surface area (Å²) in [7, 11) is -4.15. The highest BCUT2D eigenvalue weighted by atomic mass is 32.2. The molecule has 1 atom stereocenters. The predicted molar refractivity (Wildman–Crippen MR) is 70.4 cm³/mol. The number of nitrogens with zero attached hydrogens (tertiary/aromatic N) is 2. The highest BCUT2D eigenvalue weighted by Gasteiger charge is 2.24. The van der Waals surface area contributed by atoms with Gasteiger partial charge in [-0.2, -0.15) is 5.10 Å². The fourth-order valence-electron chi connectivity index (χ4n) is 1.68. The molecule has 0 fully saturated rings. The molecule has 0 saturated carbocycles. The average Bonchev–Trinajstić information content (AvgIpc) is 2.91. The standard InChI is InChI=1S/C11H11FN4O4S/c1-7(8-5-13-14-6-8)15-21(19,20)11-3-2-9(16(17)18)4-10(11)12/h2-7,15H,1H3,(H,13,14). The summed E-state index contributed by atoms with van der Waals surface area (Å²) in [5, 5.41) is 16.7. The molecule has 1 aromatic carbocycles. The number of nitro groups is 1. The zero-order valence-electron chi connectivity index (χ0n) is 10.8. The molecule has 2 aromatic rings. The zero-order chi connectivity index (χ0) is 15.6. The van der Waals surface area contributed by atoms with Gasteiger partial charge < -0.3 is 0 Å². The molecule has 8 nitrogen and oxygen atoms in total. The number of nitro benzene ring substituents is 1. The average molecular weight is 314 g/mol. The molecular weight excluding hydrogens is 303 g/mol. The van der Waals surface area contributed by atoms with Crippen LogP contribution in [-0.2, 0) is 10.0 Å². The minimum absolute atomic E-state index is 0.519. The predicted octanol–water partition coefficient (Wildman–Crippen LogP) is 1.50. The fraction of sp³-hybridized carbons (Fsp3) is 0.182. The van der Waals surface area contributed by atoms with Gasteiger partial charge in [-0.05, 0) is 13.0 Å². The number of hydrogen-bond acceptors (Lipinski definition) is 5. The van der Waals surface area contributed by atoms with E-state index in [1.807, 2.05) is 0 Å². The Hall–Kier alpha value is -2.33. The SMILES string of the molecule is CC(NS(=O)(=O)c1ccc([N+](=O)[O-])cc1F)c1cn[nH]c1. The van der Waals surface area contributed by atoms with E-state index in [1.165, 1.54) is 12.4 Å². The van der Waals surface area contributed by atoms with Crippen LogP contribution in [0.25, 0.3) is 0 Å². The van der Waals surface area contributed by atoms with Crippen molar-refractivity contribution >= 4 is 15.7 Å². The quantitative estimate of drug-likeness (QED) is 0.640. The van der Waals surface area contributed by atoms with Crippen molar-refractivity contribution in [2.75, 3.05) is 0 Å². The van der Waals surface area contributed by atoms with Crippen LogP contribution in [0.15, 0.2) is 35.5 Å². The number of rotatable bonds is 5. The van der Waals surface area contributed by atoms with E-state index in [2.05, 4.69) is 14.9 Å². The van der Waals surface area contributed by atoms with Crippen LogP contribution < -0.4 is 4.72 Å². The Balaban J connectivity index is 2.29. The molecule has 0 saturated heterocycles. The summed E-state index contributed by atoms with van der Waals surface area (Å²) in [6.07, 6.45) is 2.93. The molecule has 2 N–H and O–H groups in total. The van der Waals surface area contributed by atoms with Gasteiger partial charge in [-0.1, -0.05) is 0 Å². The second kappa shape index (κ2) is 5.58. The first-order valence-corrected chi connectivity index (χ1v) is 7.24. The molecule has 0 aliphatic heterocycles. The topological polar surface area (TPSA) is 118 Å². The van der Waals surface area contributed by atoms with Crippen LogP contribution in [0.5, 0.6) is 0 Å². The number of H-pyrrole nitrogens is 1. The van der Waals surface area contributed by atoms with E-state index >= 15 is 0 Å². The Bertz CT molecular complexity index is 761. The number of aromatic nitrogens is 2. The smallest absolute Gasteiger partial charge is 0.272 e. The third-order valence-corrected chi connectivity index (χ3v) is 4.34. The Morgan fingerprint density at radius 1 is 1.48 bits per heavy atom. The maximum Gasteiger partial charge on any atom is 0.272 e. The molecule has 0 spiro atoms. The maximum atomic E-state index is 13.8. The molecule has 0 radical (unpaired) electrons. The number of benzene rings is 1. The van der Waals surface area contributed by atoms with E-state index in [0.29, 0.717) is 11.6 Å². The lowest BCUT2D eigenvalue weighted by molar-refractivity contribution is -0.385. The van der Waals surface area contributed by atoms with Gasteiger partial charge in [0.15, 0.2) is 0 Å². The van der Waals surface area contributed by atoms with Crippen molar-refractivity contribution in [3.05, 3.63) is 52.1 Å². The van der Waals surface area contributed by atoms with Gasteiger partial charge in [0.25, 0.3) is 5.69 Å². The second-order valence-electron chi connectivity index (χ2n) is 4.25.